The van der Waals surface area contributed by atoms with E-state index >= 15 is 0 Å². The smallest absolute Gasteiger partial charge is 0.0822 e. The Morgan fingerprint density at radius 3 is 2.81 bits per heavy atom. The van der Waals surface area contributed by atoms with Gasteiger partial charge < -0.3 is 5.11 Å². The van der Waals surface area contributed by atoms with Crippen LogP contribution < -0.4 is 0 Å². The van der Waals surface area contributed by atoms with Crippen molar-refractivity contribution in [3.8, 4) is 0 Å². The Bertz CT molecular complexity index is 476. The number of fused-ring (bicyclic) bond motifs is 1. The lowest BCUT2D eigenvalue weighted by molar-refractivity contribution is 0.117. The first-order chi connectivity index (χ1) is 7.74. The molecule has 2 nitrogen and oxygen atoms in total. The van der Waals surface area contributed by atoms with Gasteiger partial charge >= 0.3 is 0 Å². The van der Waals surface area contributed by atoms with E-state index in [2.05, 4.69) is 18.8 Å². The van der Waals surface area contributed by atoms with Crippen LogP contribution in [0.15, 0.2) is 36.5 Å². The molecule has 0 radical (unpaired) electrons. The second kappa shape index (κ2) is 4.62. The molecule has 16 heavy (non-hydrogen) atoms. The van der Waals surface area contributed by atoms with Crippen LogP contribution in [0.5, 0.6) is 0 Å². The van der Waals surface area contributed by atoms with Gasteiger partial charge in [-0.25, -0.2) is 0 Å². The van der Waals surface area contributed by atoms with E-state index < -0.39 is 6.10 Å². The fraction of sp³-hybridized carbons (Fsp3) is 0.357. The minimum atomic E-state index is -0.405. The van der Waals surface area contributed by atoms with Crippen LogP contribution in [0.2, 0.25) is 0 Å². The number of benzene rings is 1. The molecular weight excluding hydrogens is 198 g/mol. The number of aliphatic hydroxyl groups is 1. The number of aromatic nitrogens is 1. The molecule has 0 spiro atoms. The summed E-state index contributed by atoms with van der Waals surface area (Å²) in [5.41, 5.74) is 1.93. The average Bonchev–Trinajstić information content (AvgIpc) is 2.36. The number of pyridine rings is 1. The monoisotopic (exact) mass is 215 g/mol. The van der Waals surface area contributed by atoms with Crippen LogP contribution in [-0.4, -0.2) is 10.1 Å². The highest BCUT2D eigenvalue weighted by Gasteiger charge is 2.16. The highest BCUT2D eigenvalue weighted by atomic mass is 16.3. The Hall–Kier alpha value is -1.41. The molecule has 0 saturated carbocycles. The SMILES string of the molecule is CCC(C)C(O)c1cccc2ncccc12. The maximum Gasteiger partial charge on any atom is 0.0822 e. The van der Waals surface area contributed by atoms with E-state index in [-0.39, 0.29) is 5.92 Å². The number of hydrogen-bond donors (Lipinski definition) is 1. The van der Waals surface area contributed by atoms with Gasteiger partial charge in [0.2, 0.25) is 0 Å². The highest BCUT2D eigenvalue weighted by Crippen LogP contribution is 2.29. The first kappa shape index (κ1) is 11.1. The normalized spacial score (nSPS) is 14.9. The van der Waals surface area contributed by atoms with Gasteiger partial charge in [0.1, 0.15) is 0 Å². The molecule has 84 valence electrons. The Kier molecular flexibility index (Phi) is 3.20. The van der Waals surface area contributed by atoms with Crippen LogP contribution in [0.4, 0.5) is 0 Å². The maximum absolute atomic E-state index is 10.3. The molecular formula is C14H17NO. The number of rotatable bonds is 3. The van der Waals surface area contributed by atoms with E-state index in [1.54, 1.807) is 6.20 Å². The molecule has 1 N–H and O–H groups in total. The fourth-order valence-electron chi connectivity index (χ4n) is 1.91. The highest BCUT2D eigenvalue weighted by molar-refractivity contribution is 5.82. The van der Waals surface area contributed by atoms with Gasteiger partial charge in [-0.1, -0.05) is 38.5 Å². The molecule has 1 heterocycles. The molecule has 1 aromatic carbocycles. The molecule has 2 unspecified atom stereocenters. The average molecular weight is 215 g/mol. The first-order valence-corrected chi connectivity index (χ1v) is 5.75. The summed E-state index contributed by atoms with van der Waals surface area (Å²) in [4.78, 5) is 4.30. The van der Waals surface area contributed by atoms with E-state index in [9.17, 15) is 5.11 Å². The number of hydrogen-bond acceptors (Lipinski definition) is 2. The van der Waals surface area contributed by atoms with Gasteiger partial charge in [0.15, 0.2) is 0 Å². The largest absolute Gasteiger partial charge is 0.388 e. The predicted octanol–water partition coefficient (Wildman–Crippen LogP) is 3.31. The van der Waals surface area contributed by atoms with Crippen molar-refractivity contribution in [2.24, 2.45) is 5.92 Å². The third-order valence-corrected chi connectivity index (χ3v) is 3.18. The van der Waals surface area contributed by atoms with Crippen molar-refractivity contribution in [1.82, 2.24) is 4.98 Å². The van der Waals surface area contributed by atoms with E-state index in [1.807, 2.05) is 30.3 Å². The van der Waals surface area contributed by atoms with E-state index in [0.717, 1.165) is 22.9 Å². The summed E-state index contributed by atoms with van der Waals surface area (Å²) < 4.78 is 0. The van der Waals surface area contributed by atoms with Gasteiger partial charge in [0.05, 0.1) is 11.6 Å². The quantitative estimate of drug-likeness (QED) is 0.852. The zero-order valence-electron chi connectivity index (χ0n) is 9.72. The molecule has 1 aromatic heterocycles. The summed E-state index contributed by atoms with van der Waals surface area (Å²) in [5, 5.41) is 11.3. The third kappa shape index (κ3) is 1.93. The molecule has 0 aliphatic carbocycles. The van der Waals surface area contributed by atoms with Gasteiger partial charge in [-0.15, -0.1) is 0 Å². The zero-order chi connectivity index (χ0) is 11.5. The standard InChI is InChI=1S/C14H17NO/c1-3-10(2)14(16)12-6-4-8-13-11(12)7-5-9-15-13/h4-10,14,16H,3H2,1-2H3. The lowest BCUT2D eigenvalue weighted by Crippen LogP contribution is -2.08. The topological polar surface area (TPSA) is 33.1 Å². The Labute approximate surface area is 96.0 Å². The van der Waals surface area contributed by atoms with E-state index in [4.69, 9.17) is 0 Å². The Balaban J connectivity index is 2.52. The van der Waals surface area contributed by atoms with Crippen molar-refractivity contribution in [1.29, 1.82) is 0 Å². The molecule has 0 amide bonds. The maximum atomic E-state index is 10.3. The van der Waals surface area contributed by atoms with Crippen LogP contribution >= 0.6 is 0 Å². The molecule has 0 aliphatic heterocycles. The van der Waals surface area contributed by atoms with Gasteiger partial charge in [0, 0.05) is 11.6 Å². The lowest BCUT2D eigenvalue weighted by Gasteiger charge is -2.19. The Morgan fingerprint density at radius 1 is 1.25 bits per heavy atom. The number of aliphatic hydroxyl groups excluding tert-OH is 1. The summed E-state index contributed by atoms with van der Waals surface area (Å²) in [6.07, 6.45) is 2.34. The second-order valence-electron chi connectivity index (χ2n) is 4.25. The third-order valence-electron chi connectivity index (χ3n) is 3.18. The molecule has 2 heteroatoms. The summed E-state index contributed by atoms with van der Waals surface area (Å²) in [5.74, 6) is 0.269. The van der Waals surface area contributed by atoms with Crippen molar-refractivity contribution < 1.29 is 5.11 Å². The van der Waals surface area contributed by atoms with E-state index in [0.29, 0.717) is 0 Å². The minimum absolute atomic E-state index is 0.269. The molecule has 0 aliphatic rings. The van der Waals surface area contributed by atoms with Gasteiger partial charge in [-0.05, 0) is 23.6 Å². The van der Waals surface area contributed by atoms with Crippen LogP contribution in [0.3, 0.4) is 0 Å². The minimum Gasteiger partial charge on any atom is -0.388 e. The summed E-state index contributed by atoms with van der Waals surface area (Å²) >= 11 is 0. The summed E-state index contributed by atoms with van der Waals surface area (Å²) in [6.45, 7) is 4.16. The molecule has 0 fully saturated rings. The zero-order valence-corrected chi connectivity index (χ0v) is 9.72. The first-order valence-electron chi connectivity index (χ1n) is 5.75. The molecule has 2 atom stereocenters. The Morgan fingerprint density at radius 2 is 2.06 bits per heavy atom. The molecule has 0 bridgehead atoms. The van der Waals surface area contributed by atoms with Crippen LogP contribution in [0, 0.1) is 5.92 Å². The molecule has 2 aromatic rings. The lowest BCUT2D eigenvalue weighted by atomic mass is 9.93. The van der Waals surface area contributed by atoms with Crippen LogP contribution in [-0.2, 0) is 0 Å². The molecule has 0 saturated heterocycles. The van der Waals surface area contributed by atoms with Gasteiger partial charge in [-0.3, -0.25) is 4.98 Å². The van der Waals surface area contributed by atoms with Crippen molar-refractivity contribution in [3.05, 3.63) is 42.1 Å². The van der Waals surface area contributed by atoms with Crippen molar-refractivity contribution in [2.75, 3.05) is 0 Å². The van der Waals surface area contributed by atoms with Crippen molar-refractivity contribution in [3.63, 3.8) is 0 Å². The van der Waals surface area contributed by atoms with Crippen LogP contribution in [0.25, 0.3) is 10.9 Å². The molecule has 2 rings (SSSR count). The number of nitrogens with zero attached hydrogens (tertiary/aromatic N) is 1. The van der Waals surface area contributed by atoms with Gasteiger partial charge in [0.25, 0.3) is 0 Å². The predicted molar refractivity (Wildman–Crippen MR) is 66.2 cm³/mol. The second-order valence-corrected chi connectivity index (χ2v) is 4.25. The summed E-state index contributed by atoms with van der Waals surface area (Å²) in [7, 11) is 0. The van der Waals surface area contributed by atoms with Crippen LogP contribution in [0.1, 0.15) is 31.9 Å². The fourth-order valence-corrected chi connectivity index (χ4v) is 1.91. The van der Waals surface area contributed by atoms with E-state index in [1.165, 1.54) is 0 Å². The van der Waals surface area contributed by atoms with Crippen molar-refractivity contribution in [2.45, 2.75) is 26.4 Å². The summed E-state index contributed by atoms with van der Waals surface area (Å²) in [6, 6.07) is 9.84. The van der Waals surface area contributed by atoms with Gasteiger partial charge in [-0.2, -0.15) is 0 Å². The van der Waals surface area contributed by atoms with Crippen molar-refractivity contribution >= 4 is 10.9 Å².